The quantitative estimate of drug-likeness (QED) is 0.507. The van der Waals surface area contributed by atoms with Crippen LogP contribution < -0.4 is 4.74 Å². The molecule has 0 fully saturated rings. The van der Waals surface area contributed by atoms with Crippen molar-refractivity contribution in [3.05, 3.63) is 66.2 Å². The minimum Gasteiger partial charge on any atom is -0.495 e. The van der Waals surface area contributed by atoms with Gasteiger partial charge in [-0.2, -0.15) is 0 Å². The van der Waals surface area contributed by atoms with Gasteiger partial charge in [-0.15, -0.1) is 10.2 Å². The highest BCUT2D eigenvalue weighted by Gasteiger charge is 2.15. The number of benzene rings is 2. The molecule has 24 heavy (non-hydrogen) atoms. The number of aromatic nitrogens is 3. The van der Waals surface area contributed by atoms with Crippen LogP contribution in [-0.4, -0.2) is 33.4 Å². The van der Waals surface area contributed by atoms with Crippen molar-refractivity contribution in [3.63, 3.8) is 0 Å². The largest absolute Gasteiger partial charge is 0.495 e. The lowest BCUT2D eigenvalue weighted by molar-refractivity contribution is 0.101. The number of para-hydroxylation sites is 2. The van der Waals surface area contributed by atoms with Crippen molar-refractivity contribution >= 4 is 17.5 Å². The van der Waals surface area contributed by atoms with Gasteiger partial charge in [0.1, 0.15) is 17.9 Å². The lowest BCUT2D eigenvalue weighted by Crippen LogP contribution is -2.06. The molecule has 5 nitrogen and oxygen atoms in total. The molecule has 1 aromatic heterocycles. The van der Waals surface area contributed by atoms with Crippen molar-refractivity contribution in [1.29, 1.82) is 0 Å². The molecule has 0 unspecified atom stereocenters. The molecule has 0 radical (unpaired) electrons. The van der Waals surface area contributed by atoms with Crippen LogP contribution >= 0.6 is 11.8 Å². The number of nitrogens with zero attached hydrogens (tertiary/aromatic N) is 3. The highest BCUT2D eigenvalue weighted by atomic mass is 32.2. The van der Waals surface area contributed by atoms with Crippen LogP contribution in [0, 0.1) is 5.82 Å². The summed E-state index contributed by atoms with van der Waals surface area (Å²) in [5, 5.41) is 8.46. The molecule has 0 N–H and O–H groups in total. The molecule has 122 valence electrons. The molecule has 0 bridgehead atoms. The van der Waals surface area contributed by atoms with E-state index in [1.807, 2.05) is 24.3 Å². The van der Waals surface area contributed by atoms with E-state index < -0.39 is 5.82 Å². The van der Waals surface area contributed by atoms with Crippen LogP contribution in [0.3, 0.4) is 0 Å². The normalized spacial score (nSPS) is 10.6. The number of rotatable bonds is 6. The Morgan fingerprint density at radius 2 is 1.96 bits per heavy atom. The summed E-state index contributed by atoms with van der Waals surface area (Å²) < 4.78 is 20.7. The Morgan fingerprint density at radius 3 is 2.75 bits per heavy atom. The summed E-state index contributed by atoms with van der Waals surface area (Å²) in [6.07, 6.45) is 1.55. The Hall–Kier alpha value is -2.67. The van der Waals surface area contributed by atoms with Crippen LogP contribution in [0.1, 0.15) is 10.4 Å². The van der Waals surface area contributed by atoms with Gasteiger partial charge in [0, 0.05) is 0 Å². The summed E-state index contributed by atoms with van der Waals surface area (Å²) in [6, 6.07) is 13.4. The Morgan fingerprint density at radius 1 is 1.21 bits per heavy atom. The fraction of sp³-hybridized carbons (Fsp3) is 0.118. The predicted octanol–water partition coefficient (Wildman–Crippen LogP) is 3.39. The molecule has 0 amide bonds. The molecule has 0 spiro atoms. The van der Waals surface area contributed by atoms with Gasteiger partial charge in [-0.05, 0) is 24.3 Å². The summed E-state index contributed by atoms with van der Waals surface area (Å²) in [7, 11) is 1.58. The molecule has 0 atom stereocenters. The van der Waals surface area contributed by atoms with Gasteiger partial charge in [0.05, 0.1) is 24.1 Å². The van der Waals surface area contributed by atoms with E-state index in [9.17, 15) is 9.18 Å². The summed E-state index contributed by atoms with van der Waals surface area (Å²) in [4.78, 5) is 12.2. The van der Waals surface area contributed by atoms with Gasteiger partial charge in [0.2, 0.25) is 0 Å². The van der Waals surface area contributed by atoms with E-state index in [0.717, 1.165) is 5.69 Å². The molecule has 3 rings (SSSR count). The molecule has 0 aliphatic rings. The minimum atomic E-state index is -0.519. The number of thioether (sulfide) groups is 1. The molecule has 0 saturated carbocycles. The number of halogens is 1. The van der Waals surface area contributed by atoms with Gasteiger partial charge < -0.3 is 4.74 Å². The first-order chi connectivity index (χ1) is 11.7. The van der Waals surface area contributed by atoms with Gasteiger partial charge in [-0.3, -0.25) is 9.36 Å². The van der Waals surface area contributed by atoms with Crippen LogP contribution in [0.15, 0.2) is 60.0 Å². The summed E-state index contributed by atoms with van der Waals surface area (Å²) in [5.74, 6) is -0.0871. The summed E-state index contributed by atoms with van der Waals surface area (Å²) in [5.41, 5.74) is 0.846. The third-order valence-electron chi connectivity index (χ3n) is 3.37. The first kappa shape index (κ1) is 16.2. The number of hydrogen-bond donors (Lipinski definition) is 0. The van der Waals surface area contributed by atoms with Crippen LogP contribution in [-0.2, 0) is 0 Å². The van der Waals surface area contributed by atoms with E-state index in [2.05, 4.69) is 10.2 Å². The third-order valence-corrected chi connectivity index (χ3v) is 4.31. The first-order valence-electron chi connectivity index (χ1n) is 7.14. The lowest BCUT2D eigenvalue weighted by Gasteiger charge is -2.10. The van der Waals surface area contributed by atoms with Crippen molar-refractivity contribution < 1.29 is 13.9 Å². The molecule has 0 aliphatic heterocycles. The molecule has 0 saturated heterocycles. The molecule has 3 aromatic rings. The highest BCUT2D eigenvalue weighted by molar-refractivity contribution is 7.99. The maximum Gasteiger partial charge on any atom is 0.196 e. The molecule has 7 heteroatoms. The Kier molecular flexibility index (Phi) is 4.90. The fourth-order valence-corrected chi connectivity index (χ4v) is 3.02. The van der Waals surface area contributed by atoms with Crippen molar-refractivity contribution in [1.82, 2.24) is 14.8 Å². The monoisotopic (exact) mass is 343 g/mol. The van der Waals surface area contributed by atoms with E-state index in [4.69, 9.17) is 4.74 Å². The van der Waals surface area contributed by atoms with Crippen LogP contribution in [0.5, 0.6) is 5.75 Å². The van der Waals surface area contributed by atoms with Gasteiger partial charge >= 0.3 is 0 Å². The molecular weight excluding hydrogens is 329 g/mol. The van der Waals surface area contributed by atoms with Crippen molar-refractivity contribution in [2.75, 3.05) is 12.9 Å². The number of hydrogen-bond acceptors (Lipinski definition) is 5. The van der Waals surface area contributed by atoms with Crippen LogP contribution in [0.2, 0.25) is 0 Å². The van der Waals surface area contributed by atoms with Crippen molar-refractivity contribution in [3.8, 4) is 11.4 Å². The van der Waals surface area contributed by atoms with Gasteiger partial charge in [0.25, 0.3) is 0 Å². The van der Waals surface area contributed by atoms with Crippen molar-refractivity contribution in [2.45, 2.75) is 5.16 Å². The number of carbonyl (C=O) groups is 1. The lowest BCUT2D eigenvalue weighted by atomic mass is 10.1. The topological polar surface area (TPSA) is 57.0 Å². The van der Waals surface area contributed by atoms with E-state index in [1.54, 1.807) is 30.1 Å². The second-order valence-electron chi connectivity index (χ2n) is 4.85. The minimum absolute atomic E-state index is 0.0643. The number of ketones is 1. The van der Waals surface area contributed by atoms with E-state index in [0.29, 0.717) is 10.9 Å². The predicted molar refractivity (Wildman–Crippen MR) is 89.4 cm³/mol. The average Bonchev–Trinajstić information content (AvgIpc) is 3.08. The Labute approximate surface area is 142 Å². The number of ether oxygens (including phenoxy) is 1. The highest BCUT2D eigenvalue weighted by Crippen LogP contribution is 2.27. The number of Topliss-reactive ketones (excluding diaryl/α,β-unsaturated/α-hetero) is 1. The average molecular weight is 343 g/mol. The second kappa shape index (κ2) is 7.27. The van der Waals surface area contributed by atoms with E-state index in [1.165, 1.54) is 23.9 Å². The van der Waals surface area contributed by atoms with Gasteiger partial charge in [-0.1, -0.05) is 36.0 Å². The van der Waals surface area contributed by atoms with E-state index in [-0.39, 0.29) is 17.1 Å². The maximum atomic E-state index is 13.7. The Balaban J connectivity index is 1.79. The van der Waals surface area contributed by atoms with Crippen molar-refractivity contribution in [2.24, 2.45) is 0 Å². The zero-order valence-electron chi connectivity index (χ0n) is 12.8. The zero-order chi connectivity index (χ0) is 16.9. The van der Waals surface area contributed by atoms with Crippen LogP contribution in [0.4, 0.5) is 4.39 Å². The molecule has 0 aliphatic carbocycles. The third kappa shape index (κ3) is 3.30. The fourth-order valence-electron chi connectivity index (χ4n) is 2.21. The standard InChI is InChI=1S/C17H14FN3O2S/c1-23-16-9-5-4-8-14(16)21-11-19-20-17(21)24-10-15(22)12-6-2-3-7-13(12)18/h2-9,11H,10H2,1H3. The zero-order valence-corrected chi connectivity index (χ0v) is 13.7. The summed E-state index contributed by atoms with van der Waals surface area (Å²) in [6.45, 7) is 0. The molecular formula is C17H14FN3O2S. The molecule has 1 heterocycles. The second-order valence-corrected chi connectivity index (χ2v) is 5.79. The number of carbonyl (C=O) groups excluding carboxylic acids is 1. The summed E-state index contributed by atoms with van der Waals surface area (Å²) >= 11 is 1.20. The Bertz CT molecular complexity index is 866. The maximum absolute atomic E-state index is 13.7. The van der Waals surface area contributed by atoms with Gasteiger partial charge in [0.15, 0.2) is 10.9 Å². The molecule has 2 aromatic carbocycles. The smallest absolute Gasteiger partial charge is 0.196 e. The van der Waals surface area contributed by atoms with E-state index >= 15 is 0 Å². The van der Waals surface area contributed by atoms with Gasteiger partial charge in [-0.25, -0.2) is 4.39 Å². The first-order valence-corrected chi connectivity index (χ1v) is 8.13. The SMILES string of the molecule is COc1ccccc1-n1cnnc1SCC(=O)c1ccccc1F. The van der Waals surface area contributed by atoms with Crippen LogP contribution in [0.25, 0.3) is 5.69 Å². The number of methoxy groups -OCH3 is 1.